The summed E-state index contributed by atoms with van der Waals surface area (Å²) in [5, 5.41) is 12.9. The lowest BCUT2D eigenvalue weighted by atomic mass is 9.90. The number of nitrogens with one attached hydrogen (secondary N) is 1. The smallest absolute Gasteiger partial charge is 0.162 e. The fourth-order valence-electron chi connectivity index (χ4n) is 4.25. The van der Waals surface area contributed by atoms with Crippen molar-refractivity contribution in [1.29, 1.82) is 0 Å². The number of carbonyl (C=O) groups is 1. The van der Waals surface area contributed by atoms with Crippen molar-refractivity contribution in [2.24, 2.45) is 0 Å². The number of aliphatic hydroxyl groups is 1. The second-order valence-corrected chi connectivity index (χ2v) is 9.95. The Hall–Kier alpha value is -3.51. The highest BCUT2D eigenvalue weighted by molar-refractivity contribution is 6.06. The van der Waals surface area contributed by atoms with Gasteiger partial charge in [0.05, 0.1) is 19.8 Å². The zero-order valence-corrected chi connectivity index (χ0v) is 28.3. The van der Waals surface area contributed by atoms with Crippen molar-refractivity contribution >= 4 is 16.9 Å². The van der Waals surface area contributed by atoms with Crippen LogP contribution in [0.2, 0.25) is 0 Å². The maximum Gasteiger partial charge on any atom is 0.162 e. The van der Waals surface area contributed by atoms with Crippen LogP contribution in [0.25, 0.3) is 11.1 Å². The number of Topliss-reactive ketones (excluding diaryl/α,β-unsaturated/α-hetero) is 1. The number of hydrogen-bond donors (Lipinski definition) is 2. The highest BCUT2D eigenvalue weighted by Crippen LogP contribution is 2.33. The zero-order chi connectivity index (χ0) is 32.6. The number of allylic oxidation sites excluding steroid dienone is 8. The molecular weight excluding hydrogens is 532 g/mol. The van der Waals surface area contributed by atoms with Gasteiger partial charge in [-0.15, -0.1) is 0 Å². The van der Waals surface area contributed by atoms with E-state index in [0.29, 0.717) is 24.4 Å². The lowest BCUT2D eigenvalue weighted by molar-refractivity contribution is -0.113. The van der Waals surface area contributed by atoms with Crippen molar-refractivity contribution in [2.45, 2.75) is 61.8 Å². The van der Waals surface area contributed by atoms with E-state index in [0.717, 1.165) is 40.2 Å². The Bertz CT molecular complexity index is 1200. The molecule has 0 aliphatic carbocycles. The lowest BCUT2D eigenvalue weighted by Crippen LogP contribution is -2.18. The summed E-state index contributed by atoms with van der Waals surface area (Å²) in [6.45, 7) is 17.4. The molecule has 0 fully saturated rings. The number of aliphatic hydroxyl groups excluding tert-OH is 1. The molecule has 0 amide bonds. The van der Waals surface area contributed by atoms with Gasteiger partial charge in [0.25, 0.3) is 0 Å². The van der Waals surface area contributed by atoms with Crippen LogP contribution in [0.15, 0.2) is 108 Å². The number of ether oxygens (including phenoxy) is 1. The number of carbonyl (C=O) groups excluding carboxylic acids is 1. The van der Waals surface area contributed by atoms with Crippen LogP contribution in [-0.4, -0.2) is 56.3 Å². The van der Waals surface area contributed by atoms with Gasteiger partial charge in [0.15, 0.2) is 5.78 Å². The Morgan fingerprint density at radius 2 is 1.44 bits per heavy atom. The van der Waals surface area contributed by atoms with Crippen LogP contribution in [0.5, 0.6) is 0 Å². The van der Waals surface area contributed by atoms with Crippen molar-refractivity contribution in [1.82, 2.24) is 10.2 Å². The number of nitrogens with zero attached hydrogens (tertiary/aromatic N) is 1. The molecule has 0 saturated carbocycles. The fraction of sp³-hybridized carbons (Fsp3) is 0.395. The molecular formula is C38H56N2O3. The van der Waals surface area contributed by atoms with E-state index in [4.69, 9.17) is 4.74 Å². The highest BCUT2D eigenvalue weighted by atomic mass is 16.5. The molecule has 43 heavy (non-hydrogen) atoms. The molecule has 0 radical (unpaired) electrons. The summed E-state index contributed by atoms with van der Waals surface area (Å²) in [4.78, 5) is 14.9. The van der Waals surface area contributed by atoms with Gasteiger partial charge < -0.3 is 20.1 Å². The second kappa shape index (κ2) is 24.0. The first-order valence-corrected chi connectivity index (χ1v) is 15.4. The fourth-order valence-corrected chi connectivity index (χ4v) is 4.25. The number of benzene rings is 2. The third-order valence-corrected chi connectivity index (χ3v) is 5.98. The van der Waals surface area contributed by atoms with E-state index in [1.165, 1.54) is 6.42 Å². The molecule has 2 aromatic carbocycles. The molecule has 0 spiro atoms. The molecule has 5 heteroatoms. The number of rotatable bonds is 14. The maximum atomic E-state index is 12.9. The Kier molecular flexibility index (Phi) is 22.0. The van der Waals surface area contributed by atoms with E-state index in [1.54, 1.807) is 19.1 Å². The minimum Gasteiger partial charge on any atom is -0.392 e. The topological polar surface area (TPSA) is 61.8 Å². The van der Waals surface area contributed by atoms with Gasteiger partial charge in [-0.3, -0.25) is 4.79 Å². The summed E-state index contributed by atoms with van der Waals surface area (Å²) in [7, 11) is 3.99. The first-order chi connectivity index (χ1) is 20.7. The van der Waals surface area contributed by atoms with Gasteiger partial charge in [-0.25, -0.2) is 0 Å². The van der Waals surface area contributed by atoms with Gasteiger partial charge in [0.2, 0.25) is 0 Å². The van der Waals surface area contributed by atoms with Crippen LogP contribution in [0.3, 0.4) is 0 Å². The maximum absolute atomic E-state index is 12.9. The van der Waals surface area contributed by atoms with Gasteiger partial charge in [-0.05, 0) is 64.1 Å². The standard InChI is InChI=1S/C33H42N2O3.C3H8.C2H6/c1-7-31(28-15-10-8-11-16-28)33(29-17-12-9-13-18-29)26(3)34-25(2)32(27(4)37)30(19-14-22-36)20-23-38-24-21-35(5)6;1-3-2;1-2/h7-20,34,36H,21-24H2,1-6H3;3H2,1-2H3;1-2H3/b19-14-,30-20+,31-7-,32-25+,33-26+;;. The number of hydrogen-bond acceptors (Lipinski definition) is 5. The lowest BCUT2D eigenvalue weighted by Gasteiger charge is -2.20. The van der Waals surface area contributed by atoms with E-state index in [-0.39, 0.29) is 12.4 Å². The van der Waals surface area contributed by atoms with Crippen molar-refractivity contribution in [3.05, 3.63) is 119 Å². The van der Waals surface area contributed by atoms with E-state index < -0.39 is 0 Å². The normalized spacial score (nSPS) is 12.9. The van der Waals surface area contributed by atoms with Gasteiger partial charge in [0.1, 0.15) is 0 Å². The molecule has 0 bridgehead atoms. The van der Waals surface area contributed by atoms with Crippen molar-refractivity contribution in [3.63, 3.8) is 0 Å². The molecule has 2 N–H and O–H groups in total. The minimum atomic E-state index is -0.116. The summed E-state index contributed by atoms with van der Waals surface area (Å²) < 4.78 is 5.75. The van der Waals surface area contributed by atoms with E-state index in [2.05, 4.69) is 54.4 Å². The van der Waals surface area contributed by atoms with Crippen LogP contribution in [0.1, 0.15) is 72.9 Å². The quantitative estimate of drug-likeness (QED) is 0.132. The Morgan fingerprint density at radius 1 is 0.907 bits per heavy atom. The third kappa shape index (κ3) is 15.0. The zero-order valence-electron chi connectivity index (χ0n) is 28.3. The van der Waals surface area contributed by atoms with E-state index >= 15 is 0 Å². The van der Waals surface area contributed by atoms with Gasteiger partial charge in [-0.2, -0.15) is 0 Å². The van der Waals surface area contributed by atoms with Crippen LogP contribution >= 0.6 is 0 Å². The predicted octanol–water partition coefficient (Wildman–Crippen LogP) is 8.47. The van der Waals surface area contributed by atoms with Crippen LogP contribution in [0.4, 0.5) is 0 Å². The summed E-state index contributed by atoms with van der Waals surface area (Å²) in [5.41, 5.74) is 7.28. The summed E-state index contributed by atoms with van der Waals surface area (Å²) >= 11 is 0. The largest absolute Gasteiger partial charge is 0.392 e. The molecule has 0 heterocycles. The molecule has 2 aromatic rings. The average Bonchev–Trinajstić information content (AvgIpc) is 3.00. The van der Waals surface area contributed by atoms with E-state index in [9.17, 15) is 9.90 Å². The molecule has 0 unspecified atom stereocenters. The molecule has 2 rings (SSSR count). The van der Waals surface area contributed by atoms with Crippen LogP contribution < -0.4 is 5.32 Å². The van der Waals surface area contributed by atoms with Crippen molar-refractivity contribution in [2.75, 3.05) is 40.5 Å². The van der Waals surface area contributed by atoms with Crippen molar-refractivity contribution < 1.29 is 14.6 Å². The van der Waals surface area contributed by atoms with Gasteiger partial charge in [0, 0.05) is 29.1 Å². The Morgan fingerprint density at radius 3 is 1.91 bits per heavy atom. The highest BCUT2D eigenvalue weighted by Gasteiger charge is 2.17. The molecule has 0 aliphatic heterocycles. The number of ketones is 1. The predicted molar refractivity (Wildman–Crippen MR) is 187 cm³/mol. The molecule has 0 aromatic heterocycles. The van der Waals surface area contributed by atoms with E-state index in [1.807, 2.05) is 91.2 Å². The monoisotopic (exact) mass is 588 g/mol. The minimum absolute atomic E-state index is 0.0690. The Balaban J connectivity index is 0.00000331. The SMILES string of the molecule is C/C=C(\C(=C(/C)N/C(C)=C(C(C)=O)/C(/C=C\CO)=C/COCCN(C)C)c1ccccc1)c1ccccc1.CC.CCC. The summed E-state index contributed by atoms with van der Waals surface area (Å²) in [6.07, 6.45) is 8.67. The van der Waals surface area contributed by atoms with Crippen molar-refractivity contribution in [3.8, 4) is 0 Å². The first-order valence-electron chi connectivity index (χ1n) is 15.4. The molecule has 0 saturated heterocycles. The molecule has 0 atom stereocenters. The average molecular weight is 589 g/mol. The number of likely N-dealkylation sites (N-methyl/N-ethyl adjacent to an activating group) is 1. The molecule has 236 valence electrons. The molecule has 0 aliphatic rings. The molecule has 5 nitrogen and oxygen atoms in total. The summed E-state index contributed by atoms with van der Waals surface area (Å²) in [5.74, 6) is -0.0690. The van der Waals surface area contributed by atoms with Gasteiger partial charge in [-0.1, -0.05) is 119 Å². The third-order valence-electron chi connectivity index (χ3n) is 5.98. The van der Waals surface area contributed by atoms with Crippen LogP contribution in [-0.2, 0) is 9.53 Å². The summed E-state index contributed by atoms with van der Waals surface area (Å²) in [6, 6.07) is 20.5. The Labute approximate surface area is 262 Å². The first kappa shape index (κ1) is 39.5. The van der Waals surface area contributed by atoms with Crippen LogP contribution in [0, 0.1) is 0 Å². The van der Waals surface area contributed by atoms with Gasteiger partial charge >= 0.3 is 0 Å². The second-order valence-electron chi connectivity index (χ2n) is 9.95.